The molecule has 0 aromatic carbocycles. The van der Waals surface area contributed by atoms with Crippen molar-refractivity contribution in [3.63, 3.8) is 0 Å². The van der Waals surface area contributed by atoms with Gasteiger partial charge in [-0.1, -0.05) is 6.08 Å². The van der Waals surface area contributed by atoms with E-state index in [1.54, 1.807) is 12.5 Å². The molecular weight excluding hydrogens is 407 g/mol. The molecular formula is C24H25FN6O. The lowest BCUT2D eigenvalue weighted by Gasteiger charge is -2.36. The Hall–Kier alpha value is -2.97. The summed E-state index contributed by atoms with van der Waals surface area (Å²) >= 11 is 0. The van der Waals surface area contributed by atoms with Crippen molar-refractivity contribution in [1.82, 2.24) is 24.3 Å². The predicted octanol–water partition coefficient (Wildman–Crippen LogP) is 3.60. The zero-order valence-electron chi connectivity index (χ0n) is 17.9. The first kappa shape index (κ1) is 19.7. The maximum atomic E-state index is 14.1. The summed E-state index contributed by atoms with van der Waals surface area (Å²) in [5.74, 6) is 0.354. The number of aromatic nitrogens is 4. The van der Waals surface area contributed by atoms with Crippen LogP contribution in [-0.2, 0) is 11.2 Å². The molecule has 1 saturated heterocycles. The quantitative estimate of drug-likeness (QED) is 0.633. The molecule has 3 aromatic heterocycles. The van der Waals surface area contributed by atoms with Crippen LogP contribution in [0.5, 0.6) is 0 Å². The molecule has 1 saturated carbocycles. The molecule has 2 aliphatic carbocycles. The molecule has 3 aliphatic rings. The Morgan fingerprint density at radius 2 is 1.91 bits per heavy atom. The SMILES string of the molecule is Fc1cnc2ccc(C3=CCc4ncnc(N=C5CCC(N6CCOCC6)CC5)c43)cn12. The third kappa shape index (κ3) is 3.53. The summed E-state index contributed by atoms with van der Waals surface area (Å²) in [5.41, 5.74) is 5.67. The molecule has 3 aromatic rings. The first-order valence-corrected chi connectivity index (χ1v) is 11.3. The maximum Gasteiger partial charge on any atom is 0.217 e. The van der Waals surface area contributed by atoms with Crippen molar-refractivity contribution in [3.8, 4) is 0 Å². The van der Waals surface area contributed by atoms with Gasteiger partial charge in [-0.15, -0.1) is 0 Å². The van der Waals surface area contributed by atoms with E-state index in [2.05, 4.69) is 25.9 Å². The Morgan fingerprint density at radius 1 is 1.06 bits per heavy atom. The van der Waals surface area contributed by atoms with Crippen molar-refractivity contribution in [2.24, 2.45) is 4.99 Å². The van der Waals surface area contributed by atoms with Gasteiger partial charge in [0.25, 0.3) is 0 Å². The van der Waals surface area contributed by atoms with Gasteiger partial charge in [-0.05, 0) is 49.0 Å². The van der Waals surface area contributed by atoms with Crippen molar-refractivity contribution in [2.45, 2.75) is 38.1 Å². The first-order valence-electron chi connectivity index (χ1n) is 11.3. The Balaban J connectivity index is 1.27. The standard InChI is InChI=1S/C24H25FN6O/c25-21-13-26-22-8-1-16(14-31(21)22)19-6-7-20-23(19)24(28-15-27-20)29-17-2-4-18(5-3-17)30-9-11-32-12-10-30/h1,6,8,13-15,18H,2-5,7,9-12H2. The number of halogens is 1. The van der Waals surface area contributed by atoms with Crippen LogP contribution in [0.3, 0.4) is 0 Å². The monoisotopic (exact) mass is 432 g/mol. The zero-order valence-corrected chi connectivity index (χ0v) is 17.9. The second-order valence-corrected chi connectivity index (χ2v) is 8.63. The molecule has 0 radical (unpaired) electrons. The molecule has 8 heteroatoms. The van der Waals surface area contributed by atoms with Crippen molar-refractivity contribution in [1.29, 1.82) is 0 Å². The first-order chi connectivity index (χ1) is 15.8. The highest BCUT2D eigenvalue weighted by Crippen LogP contribution is 2.37. The van der Waals surface area contributed by atoms with E-state index in [1.165, 1.54) is 16.3 Å². The van der Waals surface area contributed by atoms with Gasteiger partial charge in [0.15, 0.2) is 5.82 Å². The van der Waals surface area contributed by atoms with Crippen LogP contribution < -0.4 is 0 Å². The molecule has 0 unspecified atom stereocenters. The van der Waals surface area contributed by atoms with Crippen LogP contribution in [-0.4, -0.2) is 62.3 Å². The van der Waals surface area contributed by atoms with E-state index < -0.39 is 0 Å². The highest BCUT2D eigenvalue weighted by atomic mass is 19.1. The number of aliphatic imine (C=N–C) groups is 1. The van der Waals surface area contributed by atoms with Gasteiger partial charge in [0.2, 0.25) is 5.95 Å². The number of nitrogens with zero attached hydrogens (tertiary/aromatic N) is 6. The number of pyridine rings is 1. The van der Waals surface area contributed by atoms with Crippen molar-refractivity contribution < 1.29 is 9.13 Å². The lowest BCUT2D eigenvalue weighted by molar-refractivity contribution is 0.0125. The normalized spacial score (nSPS) is 21.6. The smallest absolute Gasteiger partial charge is 0.217 e. The topological polar surface area (TPSA) is 67.9 Å². The number of hydrogen-bond acceptors (Lipinski definition) is 6. The molecule has 0 amide bonds. The molecule has 1 aliphatic heterocycles. The fraction of sp³-hybridized carbons (Fsp3) is 0.417. The van der Waals surface area contributed by atoms with Crippen LogP contribution in [0.1, 0.15) is 42.5 Å². The Bertz CT molecular complexity index is 1220. The van der Waals surface area contributed by atoms with E-state index in [0.29, 0.717) is 11.7 Å². The van der Waals surface area contributed by atoms with Crippen LogP contribution in [0.15, 0.2) is 41.9 Å². The van der Waals surface area contributed by atoms with Gasteiger partial charge in [-0.3, -0.25) is 9.30 Å². The van der Waals surface area contributed by atoms with E-state index in [4.69, 9.17) is 9.73 Å². The van der Waals surface area contributed by atoms with Crippen LogP contribution >= 0.6 is 0 Å². The summed E-state index contributed by atoms with van der Waals surface area (Å²) in [5, 5.41) is 0. The van der Waals surface area contributed by atoms with E-state index in [1.807, 2.05) is 12.1 Å². The number of morpholine rings is 1. The van der Waals surface area contributed by atoms with Crippen molar-refractivity contribution in [2.75, 3.05) is 26.3 Å². The zero-order chi connectivity index (χ0) is 21.5. The number of hydrogen-bond donors (Lipinski definition) is 0. The Morgan fingerprint density at radius 3 is 2.75 bits per heavy atom. The summed E-state index contributed by atoms with van der Waals surface area (Å²) in [6, 6.07) is 4.43. The van der Waals surface area contributed by atoms with Gasteiger partial charge in [0.05, 0.1) is 25.1 Å². The van der Waals surface area contributed by atoms with Gasteiger partial charge < -0.3 is 4.74 Å². The molecule has 2 fully saturated rings. The molecule has 0 bridgehead atoms. The number of fused-ring (bicyclic) bond motifs is 2. The minimum Gasteiger partial charge on any atom is -0.379 e. The number of allylic oxidation sites excluding steroid dienone is 1. The van der Waals surface area contributed by atoms with Gasteiger partial charge in [-0.2, -0.15) is 4.39 Å². The third-order valence-corrected chi connectivity index (χ3v) is 6.80. The molecule has 0 spiro atoms. The van der Waals surface area contributed by atoms with Gasteiger partial charge in [-0.25, -0.2) is 19.9 Å². The number of rotatable bonds is 3. The van der Waals surface area contributed by atoms with Gasteiger partial charge in [0.1, 0.15) is 12.0 Å². The average Bonchev–Trinajstić information content (AvgIpc) is 3.44. The summed E-state index contributed by atoms with van der Waals surface area (Å²) < 4.78 is 21.1. The molecule has 164 valence electrons. The van der Waals surface area contributed by atoms with E-state index >= 15 is 0 Å². The summed E-state index contributed by atoms with van der Waals surface area (Å²) in [4.78, 5) is 20.7. The molecule has 0 N–H and O–H groups in total. The number of ether oxygens (including phenoxy) is 1. The highest BCUT2D eigenvalue weighted by Gasteiger charge is 2.26. The minimum atomic E-state index is -0.373. The molecule has 4 heterocycles. The summed E-state index contributed by atoms with van der Waals surface area (Å²) in [6.45, 7) is 3.75. The third-order valence-electron chi connectivity index (χ3n) is 6.80. The van der Waals surface area contributed by atoms with E-state index in [-0.39, 0.29) is 5.95 Å². The van der Waals surface area contributed by atoms with E-state index in [0.717, 1.165) is 86.6 Å². The second kappa shape index (κ2) is 8.18. The minimum absolute atomic E-state index is 0.373. The van der Waals surface area contributed by atoms with Crippen LogP contribution in [0, 0.1) is 5.95 Å². The Labute approximate surface area is 185 Å². The molecule has 32 heavy (non-hydrogen) atoms. The van der Waals surface area contributed by atoms with Crippen LogP contribution in [0.2, 0.25) is 0 Å². The highest BCUT2D eigenvalue weighted by molar-refractivity contribution is 5.92. The van der Waals surface area contributed by atoms with Crippen molar-refractivity contribution in [3.05, 3.63) is 59.7 Å². The lowest BCUT2D eigenvalue weighted by atomic mass is 9.92. The molecule has 7 nitrogen and oxygen atoms in total. The maximum absolute atomic E-state index is 14.1. The fourth-order valence-corrected chi connectivity index (χ4v) is 5.11. The molecule has 0 atom stereocenters. The van der Waals surface area contributed by atoms with Gasteiger partial charge in [0, 0.05) is 43.0 Å². The second-order valence-electron chi connectivity index (χ2n) is 8.63. The largest absolute Gasteiger partial charge is 0.379 e. The lowest BCUT2D eigenvalue weighted by Crippen LogP contribution is -2.45. The van der Waals surface area contributed by atoms with E-state index in [9.17, 15) is 4.39 Å². The summed E-state index contributed by atoms with van der Waals surface area (Å²) in [7, 11) is 0. The molecule has 6 rings (SSSR count). The predicted molar refractivity (Wildman–Crippen MR) is 120 cm³/mol. The fourth-order valence-electron chi connectivity index (χ4n) is 5.11. The van der Waals surface area contributed by atoms with Crippen LogP contribution in [0.25, 0.3) is 11.2 Å². The van der Waals surface area contributed by atoms with Crippen LogP contribution in [0.4, 0.5) is 10.2 Å². The summed E-state index contributed by atoms with van der Waals surface area (Å²) in [6.07, 6.45) is 11.7. The van der Waals surface area contributed by atoms with Crippen molar-refractivity contribution >= 4 is 22.7 Å². The van der Waals surface area contributed by atoms with Gasteiger partial charge >= 0.3 is 0 Å². The Kier molecular flexibility index (Phi) is 5.04. The number of imidazole rings is 1. The average molecular weight is 433 g/mol.